The van der Waals surface area contributed by atoms with E-state index in [9.17, 15) is 27.9 Å². The highest BCUT2D eigenvalue weighted by Crippen LogP contribution is 2.42. The van der Waals surface area contributed by atoms with Crippen LogP contribution in [0, 0.1) is 6.92 Å². The number of ketones is 1. The highest BCUT2D eigenvalue weighted by molar-refractivity contribution is 6.46. The minimum Gasteiger partial charge on any atom is -0.507 e. The summed E-state index contributed by atoms with van der Waals surface area (Å²) in [6.45, 7) is 3.79. The van der Waals surface area contributed by atoms with Crippen molar-refractivity contribution in [2.75, 3.05) is 13.7 Å². The third kappa shape index (κ3) is 5.22. The molecule has 1 aliphatic heterocycles. The number of Topliss-reactive ketones (excluding diaryl/α,β-unsaturated/α-hetero) is 1. The summed E-state index contributed by atoms with van der Waals surface area (Å²) < 4.78 is 50.8. The van der Waals surface area contributed by atoms with E-state index in [4.69, 9.17) is 9.47 Å². The smallest absolute Gasteiger partial charge is 0.416 e. The number of methoxy groups -OCH3 is 1. The van der Waals surface area contributed by atoms with E-state index in [1.165, 1.54) is 24.1 Å². The molecule has 6 nitrogen and oxygen atoms in total. The van der Waals surface area contributed by atoms with Gasteiger partial charge in [-0.1, -0.05) is 24.3 Å². The number of alkyl halides is 3. The molecule has 1 atom stereocenters. The summed E-state index contributed by atoms with van der Waals surface area (Å²) in [5, 5.41) is 11.3. The average Bonchev–Trinajstić information content (AvgIpc) is 3.14. The Morgan fingerprint density at radius 1 is 1.03 bits per heavy atom. The van der Waals surface area contributed by atoms with E-state index in [1.54, 1.807) is 49.4 Å². The number of likely N-dealkylation sites (tertiary alicyclic amines) is 1. The second-order valence-electron chi connectivity index (χ2n) is 8.82. The summed E-state index contributed by atoms with van der Waals surface area (Å²) in [6.07, 6.45) is -4.57. The van der Waals surface area contributed by atoms with Crippen LogP contribution in [-0.4, -0.2) is 35.4 Å². The molecule has 0 aromatic heterocycles. The van der Waals surface area contributed by atoms with E-state index < -0.39 is 35.2 Å². The van der Waals surface area contributed by atoms with Crippen LogP contribution in [0.1, 0.15) is 40.8 Å². The summed E-state index contributed by atoms with van der Waals surface area (Å²) in [7, 11) is 1.46. The zero-order chi connectivity index (χ0) is 27.6. The first-order valence-corrected chi connectivity index (χ1v) is 11.9. The van der Waals surface area contributed by atoms with Crippen molar-refractivity contribution in [2.24, 2.45) is 0 Å². The molecule has 4 rings (SSSR count). The van der Waals surface area contributed by atoms with Crippen LogP contribution < -0.4 is 9.47 Å². The van der Waals surface area contributed by atoms with Gasteiger partial charge in [0.25, 0.3) is 11.7 Å². The molecular weight excluding hydrogens is 499 g/mol. The van der Waals surface area contributed by atoms with E-state index in [2.05, 4.69) is 0 Å². The number of aryl methyl sites for hydroxylation is 1. The van der Waals surface area contributed by atoms with Gasteiger partial charge in [-0.05, 0) is 73.0 Å². The van der Waals surface area contributed by atoms with E-state index in [0.29, 0.717) is 34.8 Å². The molecule has 1 aliphatic rings. The van der Waals surface area contributed by atoms with Crippen molar-refractivity contribution in [3.05, 3.63) is 100 Å². The van der Waals surface area contributed by atoms with Crippen LogP contribution in [0.25, 0.3) is 5.76 Å². The fraction of sp³-hybridized carbons (Fsp3) is 0.241. The average molecular weight is 526 g/mol. The third-order valence-corrected chi connectivity index (χ3v) is 6.30. The predicted octanol–water partition coefficient (Wildman–Crippen LogP) is 6.04. The SMILES string of the molecule is CCOc1ccc(/C(O)=C2\C(=O)C(=O)N(Cc3cccc(C(F)(F)F)c3)C2c2cccc(OC)c2)cc1C. The lowest BCUT2D eigenvalue weighted by Gasteiger charge is -2.26. The number of aliphatic hydroxyl groups is 1. The Hall–Kier alpha value is -4.27. The largest absolute Gasteiger partial charge is 0.507 e. The summed E-state index contributed by atoms with van der Waals surface area (Å²) in [6, 6.07) is 15.0. The van der Waals surface area contributed by atoms with Crippen molar-refractivity contribution in [2.45, 2.75) is 32.6 Å². The van der Waals surface area contributed by atoms with E-state index in [0.717, 1.165) is 12.1 Å². The Morgan fingerprint density at radius 2 is 1.76 bits per heavy atom. The van der Waals surface area contributed by atoms with Gasteiger partial charge in [0.05, 0.1) is 30.9 Å². The quantitative estimate of drug-likeness (QED) is 0.231. The molecule has 0 bridgehead atoms. The van der Waals surface area contributed by atoms with Gasteiger partial charge in [0, 0.05) is 12.1 Å². The number of halogens is 3. The molecule has 1 amide bonds. The van der Waals surface area contributed by atoms with Gasteiger partial charge in [0.2, 0.25) is 0 Å². The topological polar surface area (TPSA) is 76.1 Å². The number of nitrogens with zero attached hydrogens (tertiary/aromatic N) is 1. The highest BCUT2D eigenvalue weighted by Gasteiger charge is 2.46. The second-order valence-corrected chi connectivity index (χ2v) is 8.82. The molecular formula is C29H26F3NO5. The fourth-order valence-corrected chi connectivity index (χ4v) is 4.51. The minimum absolute atomic E-state index is 0.168. The molecule has 1 fully saturated rings. The monoisotopic (exact) mass is 525 g/mol. The predicted molar refractivity (Wildman–Crippen MR) is 135 cm³/mol. The zero-order valence-corrected chi connectivity index (χ0v) is 21.0. The Kier molecular flexibility index (Phi) is 7.48. The number of hydrogen-bond donors (Lipinski definition) is 1. The van der Waals surface area contributed by atoms with Gasteiger partial charge in [0.15, 0.2) is 0 Å². The van der Waals surface area contributed by atoms with Gasteiger partial charge in [-0.25, -0.2) is 0 Å². The van der Waals surface area contributed by atoms with Crippen molar-refractivity contribution >= 4 is 17.4 Å². The molecule has 0 radical (unpaired) electrons. The molecule has 38 heavy (non-hydrogen) atoms. The van der Waals surface area contributed by atoms with Gasteiger partial charge in [0.1, 0.15) is 17.3 Å². The Morgan fingerprint density at radius 3 is 2.42 bits per heavy atom. The van der Waals surface area contributed by atoms with Crippen LogP contribution in [0.4, 0.5) is 13.2 Å². The van der Waals surface area contributed by atoms with Gasteiger partial charge in [-0.15, -0.1) is 0 Å². The molecule has 198 valence electrons. The maximum absolute atomic E-state index is 13.3. The molecule has 0 aliphatic carbocycles. The number of amides is 1. The van der Waals surface area contributed by atoms with Crippen LogP contribution >= 0.6 is 0 Å². The summed E-state index contributed by atoms with van der Waals surface area (Å²) >= 11 is 0. The van der Waals surface area contributed by atoms with Gasteiger partial charge in [-0.2, -0.15) is 13.2 Å². The lowest BCUT2D eigenvalue weighted by atomic mass is 9.94. The number of aliphatic hydroxyl groups excluding tert-OH is 1. The zero-order valence-electron chi connectivity index (χ0n) is 21.0. The molecule has 1 heterocycles. The molecule has 3 aromatic rings. The Balaban J connectivity index is 1.85. The second kappa shape index (κ2) is 10.6. The fourth-order valence-electron chi connectivity index (χ4n) is 4.51. The third-order valence-electron chi connectivity index (χ3n) is 6.30. The molecule has 1 N–H and O–H groups in total. The Labute approximate surface area is 217 Å². The van der Waals surface area contributed by atoms with E-state index in [-0.39, 0.29) is 17.7 Å². The normalized spacial score (nSPS) is 17.1. The number of benzene rings is 3. The molecule has 0 spiro atoms. The number of ether oxygens (including phenoxy) is 2. The number of carbonyl (C=O) groups is 2. The van der Waals surface area contributed by atoms with Crippen LogP contribution in [0.2, 0.25) is 0 Å². The summed E-state index contributed by atoms with van der Waals surface area (Å²) in [5.41, 5.74) is 0.627. The van der Waals surface area contributed by atoms with Crippen LogP contribution in [0.3, 0.4) is 0 Å². The van der Waals surface area contributed by atoms with Gasteiger partial charge in [-0.3, -0.25) is 9.59 Å². The first kappa shape index (κ1) is 26.8. The van der Waals surface area contributed by atoms with Crippen molar-refractivity contribution in [3.8, 4) is 11.5 Å². The van der Waals surface area contributed by atoms with Crippen molar-refractivity contribution in [1.82, 2.24) is 4.90 Å². The molecule has 3 aromatic carbocycles. The number of carbonyl (C=O) groups excluding carboxylic acids is 2. The molecule has 0 saturated carbocycles. The summed E-state index contributed by atoms with van der Waals surface area (Å²) in [4.78, 5) is 27.7. The first-order chi connectivity index (χ1) is 18.0. The van der Waals surface area contributed by atoms with Crippen molar-refractivity contribution in [1.29, 1.82) is 0 Å². The lowest BCUT2D eigenvalue weighted by molar-refractivity contribution is -0.140. The maximum atomic E-state index is 13.3. The van der Waals surface area contributed by atoms with Gasteiger partial charge < -0.3 is 19.5 Å². The standard InChI is InChI=1S/C29H26F3NO5/c1-4-38-23-12-11-20(13-17(23)2)26(34)24-25(19-8-6-10-22(15-19)37-3)33(28(36)27(24)35)16-18-7-5-9-21(14-18)29(30,31)32/h5-15,25,34H,4,16H2,1-3H3/b26-24+. The van der Waals surface area contributed by atoms with Crippen molar-refractivity contribution in [3.63, 3.8) is 0 Å². The van der Waals surface area contributed by atoms with Crippen LogP contribution in [-0.2, 0) is 22.3 Å². The van der Waals surface area contributed by atoms with Crippen LogP contribution in [0.5, 0.6) is 11.5 Å². The van der Waals surface area contributed by atoms with E-state index in [1.807, 2.05) is 6.92 Å². The number of rotatable bonds is 7. The molecule has 1 unspecified atom stereocenters. The van der Waals surface area contributed by atoms with E-state index >= 15 is 0 Å². The van der Waals surface area contributed by atoms with Gasteiger partial charge >= 0.3 is 6.18 Å². The molecule has 1 saturated heterocycles. The Bertz CT molecular complexity index is 1410. The maximum Gasteiger partial charge on any atom is 0.416 e. The highest BCUT2D eigenvalue weighted by atomic mass is 19.4. The lowest BCUT2D eigenvalue weighted by Crippen LogP contribution is -2.29. The summed E-state index contributed by atoms with van der Waals surface area (Å²) in [5.74, 6) is -1.20. The van der Waals surface area contributed by atoms with Crippen LogP contribution in [0.15, 0.2) is 72.3 Å². The van der Waals surface area contributed by atoms with Crippen molar-refractivity contribution < 1.29 is 37.3 Å². The first-order valence-electron chi connectivity index (χ1n) is 11.9. The minimum atomic E-state index is -4.57. The number of hydrogen-bond acceptors (Lipinski definition) is 5. The molecule has 9 heteroatoms.